The molecule has 3 N–H and O–H groups in total. The number of rotatable bonds is 5. The van der Waals surface area contributed by atoms with E-state index in [-0.39, 0.29) is 6.04 Å². The zero-order valence-electron chi connectivity index (χ0n) is 17.4. The summed E-state index contributed by atoms with van der Waals surface area (Å²) in [6.45, 7) is 10.4. The molecule has 0 amide bonds. The molecule has 0 aliphatic carbocycles. The summed E-state index contributed by atoms with van der Waals surface area (Å²) >= 11 is 5.23. The lowest BCUT2D eigenvalue weighted by atomic mass is 10.0. The van der Waals surface area contributed by atoms with Crippen LogP contribution in [0.4, 0.5) is 11.5 Å². The van der Waals surface area contributed by atoms with Gasteiger partial charge >= 0.3 is 0 Å². The van der Waals surface area contributed by atoms with Crippen molar-refractivity contribution in [3.05, 3.63) is 36.0 Å². The summed E-state index contributed by atoms with van der Waals surface area (Å²) in [5.74, 6) is 1.39. The highest BCUT2D eigenvalue weighted by molar-refractivity contribution is 7.80. The second-order valence-electron chi connectivity index (χ2n) is 7.67. The minimum absolute atomic E-state index is 0.208. The molecule has 0 unspecified atom stereocenters. The van der Waals surface area contributed by atoms with Gasteiger partial charge in [-0.05, 0) is 64.2 Å². The molecule has 2 heterocycles. The average molecular weight is 416 g/mol. The van der Waals surface area contributed by atoms with Crippen LogP contribution in [0.25, 0.3) is 11.4 Å². The van der Waals surface area contributed by atoms with Gasteiger partial charge in [-0.3, -0.25) is 0 Å². The third-order valence-corrected chi connectivity index (χ3v) is 4.99. The van der Waals surface area contributed by atoms with Gasteiger partial charge in [-0.25, -0.2) is 9.97 Å². The zero-order valence-corrected chi connectivity index (χ0v) is 18.2. The smallest absolute Gasteiger partial charge is 0.170 e. The van der Waals surface area contributed by atoms with Crippen LogP contribution in [0.3, 0.4) is 0 Å². The van der Waals surface area contributed by atoms with Crippen molar-refractivity contribution in [2.75, 3.05) is 36.5 Å². The van der Waals surface area contributed by atoms with E-state index in [9.17, 15) is 5.11 Å². The molecule has 1 atom stereocenters. The lowest BCUT2D eigenvalue weighted by Crippen LogP contribution is -2.44. The van der Waals surface area contributed by atoms with Gasteiger partial charge in [0.15, 0.2) is 10.9 Å². The predicted molar refractivity (Wildman–Crippen MR) is 120 cm³/mol. The third kappa shape index (κ3) is 5.41. The molecule has 1 fully saturated rings. The van der Waals surface area contributed by atoms with E-state index in [2.05, 4.69) is 27.4 Å². The van der Waals surface area contributed by atoms with Gasteiger partial charge in [-0.1, -0.05) is 0 Å². The fourth-order valence-electron chi connectivity index (χ4n) is 3.13. The molecule has 1 aromatic carbocycles. The van der Waals surface area contributed by atoms with E-state index < -0.39 is 5.60 Å². The Morgan fingerprint density at radius 1 is 1.31 bits per heavy atom. The van der Waals surface area contributed by atoms with Gasteiger partial charge in [0.05, 0.1) is 24.9 Å². The molecule has 1 aliphatic heterocycles. The van der Waals surface area contributed by atoms with Gasteiger partial charge in [0, 0.05) is 30.4 Å². The largest absolute Gasteiger partial charge is 0.384 e. The molecule has 0 spiro atoms. The molecule has 3 rings (SSSR count). The van der Waals surface area contributed by atoms with Crippen molar-refractivity contribution in [2.24, 2.45) is 0 Å². The highest BCUT2D eigenvalue weighted by Gasteiger charge is 2.25. The first-order chi connectivity index (χ1) is 13.8. The van der Waals surface area contributed by atoms with Crippen LogP contribution in [-0.2, 0) is 10.3 Å². The fraction of sp³-hybridized carbons (Fsp3) is 0.476. The molecule has 8 heteroatoms. The molecule has 7 nitrogen and oxygen atoms in total. The second kappa shape index (κ2) is 9.02. The van der Waals surface area contributed by atoms with Gasteiger partial charge < -0.3 is 25.4 Å². The summed E-state index contributed by atoms with van der Waals surface area (Å²) in [5.41, 5.74) is 1.28. The Kier molecular flexibility index (Phi) is 6.66. The minimum atomic E-state index is -1.07. The van der Waals surface area contributed by atoms with Crippen LogP contribution in [0, 0.1) is 0 Å². The third-order valence-electron chi connectivity index (χ3n) is 4.74. The minimum Gasteiger partial charge on any atom is -0.384 e. The summed E-state index contributed by atoms with van der Waals surface area (Å²) in [6, 6.07) is 9.86. The van der Waals surface area contributed by atoms with Crippen LogP contribution >= 0.6 is 12.2 Å². The van der Waals surface area contributed by atoms with Crippen molar-refractivity contribution < 1.29 is 9.84 Å². The van der Waals surface area contributed by atoms with E-state index in [1.54, 1.807) is 13.8 Å². The van der Waals surface area contributed by atoms with E-state index >= 15 is 0 Å². The van der Waals surface area contributed by atoms with Crippen molar-refractivity contribution in [3.63, 3.8) is 0 Å². The van der Waals surface area contributed by atoms with Crippen LogP contribution in [0.2, 0.25) is 0 Å². The first kappa shape index (κ1) is 21.4. The Morgan fingerprint density at radius 2 is 2.03 bits per heavy atom. The highest BCUT2D eigenvalue weighted by atomic mass is 32.1. The summed E-state index contributed by atoms with van der Waals surface area (Å²) in [5, 5.41) is 17.4. The maximum Gasteiger partial charge on any atom is 0.170 e. The summed E-state index contributed by atoms with van der Waals surface area (Å²) in [6.07, 6.45) is 0. The Morgan fingerprint density at radius 3 is 2.66 bits per heavy atom. The molecular weight excluding hydrogens is 386 g/mol. The SMILES string of the molecule is CCNC(=S)Nc1ccc(-c2nc(N3CCOC[C@@H]3C)cc(C(C)(C)O)n2)cc1. The molecule has 1 aromatic heterocycles. The van der Waals surface area contributed by atoms with Crippen LogP contribution < -0.4 is 15.5 Å². The van der Waals surface area contributed by atoms with Gasteiger partial charge in [0.2, 0.25) is 0 Å². The number of hydrogen-bond donors (Lipinski definition) is 3. The maximum absolute atomic E-state index is 10.6. The summed E-state index contributed by atoms with van der Waals surface area (Å²) in [4.78, 5) is 11.6. The molecular formula is C21H29N5O2S. The normalized spacial score (nSPS) is 17.1. The second-order valence-corrected chi connectivity index (χ2v) is 8.08. The number of nitrogens with zero attached hydrogens (tertiary/aromatic N) is 3. The molecule has 29 heavy (non-hydrogen) atoms. The Balaban J connectivity index is 1.93. The van der Waals surface area contributed by atoms with E-state index in [0.717, 1.165) is 30.2 Å². The van der Waals surface area contributed by atoms with Crippen LogP contribution in [0.1, 0.15) is 33.4 Å². The number of aromatic nitrogens is 2. The molecule has 156 valence electrons. The predicted octanol–water partition coefficient (Wildman–Crippen LogP) is 2.90. The Bertz CT molecular complexity index is 851. The topological polar surface area (TPSA) is 82.5 Å². The number of ether oxygens (including phenoxy) is 1. The maximum atomic E-state index is 10.6. The standard InChI is InChI=1S/C21H29N5O2S/c1-5-22-20(29)23-16-8-6-15(7-9-16)19-24-17(21(3,4)27)12-18(25-19)26-10-11-28-13-14(26)2/h6-9,12,14,27H,5,10-11,13H2,1-4H3,(H2,22,23,29)/t14-/m0/s1. The van der Waals surface area contributed by atoms with Gasteiger partial charge in [-0.2, -0.15) is 0 Å². The molecule has 2 aromatic rings. The molecule has 1 aliphatic rings. The van der Waals surface area contributed by atoms with Crippen molar-refractivity contribution in [1.29, 1.82) is 0 Å². The van der Waals surface area contributed by atoms with Gasteiger partial charge in [-0.15, -0.1) is 0 Å². The van der Waals surface area contributed by atoms with Crippen LogP contribution in [-0.4, -0.2) is 52.5 Å². The highest BCUT2D eigenvalue weighted by Crippen LogP contribution is 2.28. The number of benzene rings is 1. The van der Waals surface area contributed by atoms with E-state index in [4.69, 9.17) is 21.9 Å². The quantitative estimate of drug-likeness (QED) is 0.643. The number of morpholine rings is 1. The van der Waals surface area contributed by atoms with E-state index in [1.165, 1.54) is 0 Å². The Labute approximate surface area is 177 Å². The van der Waals surface area contributed by atoms with E-state index in [0.29, 0.717) is 29.8 Å². The molecule has 0 bridgehead atoms. The number of thiocarbonyl (C=S) groups is 1. The van der Waals surface area contributed by atoms with Gasteiger partial charge in [0.1, 0.15) is 11.4 Å². The van der Waals surface area contributed by atoms with Crippen molar-refractivity contribution in [1.82, 2.24) is 15.3 Å². The van der Waals surface area contributed by atoms with Crippen molar-refractivity contribution in [3.8, 4) is 11.4 Å². The monoisotopic (exact) mass is 415 g/mol. The number of anilines is 2. The molecule has 0 saturated carbocycles. The first-order valence-corrected chi connectivity index (χ1v) is 10.3. The summed E-state index contributed by atoms with van der Waals surface area (Å²) in [7, 11) is 0. The first-order valence-electron chi connectivity index (χ1n) is 9.89. The lowest BCUT2D eigenvalue weighted by molar-refractivity contribution is 0.0736. The van der Waals surface area contributed by atoms with Crippen molar-refractivity contribution in [2.45, 2.75) is 39.3 Å². The molecule has 0 radical (unpaired) electrons. The van der Waals surface area contributed by atoms with Gasteiger partial charge in [0.25, 0.3) is 0 Å². The van der Waals surface area contributed by atoms with Crippen LogP contribution in [0.15, 0.2) is 30.3 Å². The number of nitrogens with one attached hydrogen (secondary N) is 2. The molecule has 1 saturated heterocycles. The van der Waals surface area contributed by atoms with Crippen molar-refractivity contribution >= 4 is 28.8 Å². The number of hydrogen-bond acceptors (Lipinski definition) is 6. The number of aliphatic hydroxyl groups is 1. The fourth-order valence-corrected chi connectivity index (χ4v) is 3.39. The zero-order chi connectivity index (χ0) is 21.0. The van der Waals surface area contributed by atoms with Crippen LogP contribution in [0.5, 0.6) is 0 Å². The lowest BCUT2D eigenvalue weighted by Gasteiger charge is -2.35. The van der Waals surface area contributed by atoms with E-state index in [1.807, 2.05) is 37.3 Å². The average Bonchev–Trinajstić information content (AvgIpc) is 2.68. The summed E-state index contributed by atoms with van der Waals surface area (Å²) < 4.78 is 5.55. The Hall–Kier alpha value is -2.29.